The minimum absolute atomic E-state index is 0.0347. The summed E-state index contributed by atoms with van der Waals surface area (Å²) in [6.45, 7) is 2.25. The molecule has 6 heteroatoms. The summed E-state index contributed by atoms with van der Waals surface area (Å²) >= 11 is 0. The summed E-state index contributed by atoms with van der Waals surface area (Å²) in [4.78, 5) is 19.1. The van der Waals surface area contributed by atoms with E-state index in [0.717, 1.165) is 29.8 Å². The van der Waals surface area contributed by atoms with E-state index < -0.39 is 0 Å². The van der Waals surface area contributed by atoms with E-state index in [4.69, 9.17) is 4.74 Å². The van der Waals surface area contributed by atoms with Crippen LogP contribution in [-0.4, -0.2) is 41.7 Å². The molecule has 0 radical (unpaired) electrons. The van der Waals surface area contributed by atoms with Gasteiger partial charge in [-0.1, -0.05) is 0 Å². The highest BCUT2D eigenvalue weighted by Gasteiger charge is 2.17. The van der Waals surface area contributed by atoms with E-state index in [1.165, 1.54) is 0 Å². The van der Waals surface area contributed by atoms with Gasteiger partial charge in [-0.2, -0.15) is 0 Å². The first-order chi connectivity index (χ1) is 9.31. The van der Waals surface area contributed by atoms with Crippen molar-refractivity contribution >= 4 is 22.6 Å². The normalized spacial score (nSPS) is 19.5. The number of imidazole rings is 1. The fourth-order valence-electron chi connectivity index (χ4n) is 2.18. The quantitative estimate of drug-likeness (QED) is 0.765. The van der Waals surface area contributed by atoms with Gasteiger partial charge in [0.15, 0.2) is 0 Å². The Morgan fingerprint density at radius 2 is 2.47 bits per heavy atom. The highest BCUT2D eigenvalue weighted by molar-refractivity contribution is 5.93. The molecular weight excluding hydrogens is 244 g/mol. The number of nitrogens with zero attached hydrogens (tertiary/aromatic N) is 1. The second-order valence-corrected chi connectivity index (χ2v) is 4.58. The van der Waals surface area contributed by atoms with Gasteiger partial charge in [0.1, 0.15) is 0 Å². The number of ether oxygens (including phenoxy) is 1. The van der Waals surface area contributed by atoms with Gasteiger partial charge >= 0.3 is 0 Å². The van der Waals surface area contributed by atoms with Gasteiger partial charge in [-0.15, -0.1) is 0 Å². The van der Waals surface area contributed by atoms with E-state index in [9.17, 15) is 4.79 Å². The predicted molar refractivity (Wildman–Crippen MR) is 72.0 cm³/mol. The molecule has 19 heavy (non-hydrogen) atoms. The lowest BCUT2D eigenvalue weighted by Crippen LogP contribution is -2.40. The van der Waals surface area contributed by atoms with E-state index in [2.05, 4.69) is 20.6 Å². The van der Waals surface area contributed by atoms with Crippen molar-refractivity contribution in [1.29, 1.82) is 0 Å². The zero-order chi connectivity index (χ0) is 13.1. The molecule has 1 saturated heterocycles. The minimum Gasteiger partial charge on any atom is -0.375 e. The number of fused-ring (bicyclic) bond motifs is 1. The Bertz CT molecular complexity index is 575. The molecule has 6 nitrogen and oxygen atoms in total. The van der Waals surface area contributed by atoms with Gasteiger partial charge in [-0.25, -0.2) is 4.98 Å². The maximum atomic E-state index is 11.9. The summed E-state index contributed by atoms with van der Waals surface area (Å²) in [7, 11) is 0. The molecule has 1 aliphatic heterocycles. The Morgan fingerprint density at radius 3 is 3.32 bits per heavy atom. The van der Waals surface area contributed by atoms with Gasteiger partial charge in [0, 0.05) is 18.8 Å². The number of nitrogens with one attached hydrogen (secondary N) is 3. The number of hydrogen-bond acceptors (Lipinski definition) is 4. The van der Waals surface area contributed by atoms with Crippen molar-refractivity contribution in [2.24, 2.45) is 0 Å². The Labute approximate surface area is 110 Å². The Morgan fingerprint density at radius 1 is 1.53 bits per heavy atom. The van der Waals surface area contributed by atoms with Crippen molar-refractivity contribution in [3.63, 3.8) is 0 Å². The molecule has 0 aliphatic carbocycles. The summed E-state index contributed by atoms with van der Waals surface area (Å²) < 4.78 is 5.50. The van der Waals surface area contributed by atoms with E-state index in [1.54, 1.807) is 6.33 Å². The summed E-state index contributed by atoms with van der Waals surface area (Å²) in [5.74, 6) is -0.0347. The van der Waals surface area contributed by atoms with Crippen LogP contribution in [0.5, 0.6) is 0 Å². The van der Waals surface area contributed by atoms with Crippen LogP contribution in [0.15, 0.2) is 24.5 Å². The van der Waals surface area contributed by atoms with Crippen LogP contribution < -0.4 is 10.6 Å². The van der Waals surface area contributed by atoms with Crippen molar-refractivity contribution in [3.8, 4) is 0 Å². The average molecular weight is 260 g/mol. The molecule has 1 aromatic carbocycles. The molecule has 1 atom stereocenters. The SMILES string of the molecule is O=C(CC1CNCCO1)Nc1ccc2nc[nH]c2c1. The van der Waals surface area contributed by atoms with Crippen LogP contribution in [-0.2, 0) is 9.53 Å². The number of rotatable bonds is 3. The minimum atomic E-state index is -0.0374. The number of benzene rings is 1. The van der Waals surface area contributed by atoms with Crippen LogP contribution in [0.4, 0.5) is 5.69 Å². The summed E-state index contributed by atoms with van der Waals surface area (Å²) in [6, 6.07) is 5.60. The zero-order valence-electron chi connectivity index (χ0n) is 10.5. The first-order valence-electron chi connectivity index (χ1n) is 6.36. The summed E-state index contributed by atoms with van der Waals surface area (Å²) in [6.07, 6.45) is 1.97. The van der Waals surface area contributed by atoms with Gasteiger partial charge < -0.3 is 20.4 Å². The van der Waals surface area contributed by atoms with E-state index in [-0.39, 0.29) is 12.0 Å². The van der Waals surface area contributed by atoms with Gasteiger partial charge in [0.25, 0.3) is 0 Å². The molecule has 1 fully saturated rings. The van der Waals surface area contributed by atoms with Gasteiger partial charge in [-0.05, 0) is 18.2 Å². The summed E-state index contributed by atoms with van der Waals surface area (Å²) in [5, 5.41) is 6.08. The molecule has 0 bridgehead atoms. The lowest BCUT2D eigenvalue weighted by molar-refractivity contribution is -0.119. The molecule has 3 N–H and O–H groups in total. The standard InChI is InChI=1S/C13H16N4O2/c18-13(6-10-7-14-3-4-19-10)17-9-1-2-11-12(5-9)16-8-15-11/h1-2,5,8,10,14H,3-4,6-7H2,(H,15,16)(H,17,18). The molecule has 1 aliphatic rings. The molecule has 1 aromatic heterocycles. The fraction of sp³-hybridized carbons (Fsp3) is 0.385. The second-order valence-electron chi connectivity index (χ2n) is 4.58. The Kier molecular flexibility index (Phi) is 3.43. The number of carbonyl (C=O) groups is 1. The van der Waals surface area contributed by atoms with Crippen LogP contribution in [0, 0.1) is 0 Å². The van der Waals surface area contributed by atoms with Crippen LogP contribution in [0.3, 0.4) is 0 Å². The molecule has 3 rings (SSSR count). The predicted octanol–water partition coefficient (Wildman–Crippen LogP) is 0.880. The summed E-state index contributed by atoms with van der Waals surface area (Å²) in [5.41, 5.74) is 2.57. The van der Waals surface area contributed by atoms with E-state index >= 15 is 0 Å². The molecule has 1 amide bonds. The highest BCUT2D eigenvalue weighted by Crippen LogP contribution is 2.16. The molecule has 1 unspecified atom stereocenters. The van der Waals surface area contributed by atoms with Gasteiger partial charge in [-0.3, -0.25) is 4.79 Å². The monoisotopic (exact) mass is 260 g/mol. The molecule has 2 aromatic rings. The third kappa shape index (κ3) is 2.91. The molecule has 0 spiro atoms. The Balaban J connectivity index is 1.61. The third-order valence-electron chi connectivity index (χ3n) is 3.12. The van der Waals surface area contributed by atoms with Crippen LogP contribution in [0.2, 0.25) is 0 Å². The Hall–Kier alpha value is -1.92. The highest BCUT2D eigenvalue weighted by atomic mass is 16.5. The van der Waals surface area contributed by atoms with E-state index in [0.29, 0.717) is 13.0 Å². The van der Waals surface area contributed by atoms with Crippen molar-refractivity contribution in [2.45, 2.75) is 12.5 Å². The van der Waals surface area contributed by atoms with Crippen molar-refractivity contribution in [1.82, 2.24) is 15.3 Å². The second kappa shape index (κ2) is 5.38. The average Bonchev–Trinajstić information content (AvgIpc) is 2.87. The van der Waals surface area contributed by atoms with Gasteiger partial charge in [0.05, 0.1) is 36.5 Å². The topological polar surface area (TPSA) is 79.0 Å². The maximum Gasteiger partial charge on any atom is 0.227 e. The lowest BCUT2D eigenvalue weighted by atomic mass is 10.2. The number of anilines is 1. The first kappa shape index (κ1) is 12.1. The zero-order valence-corrected chi connectivity index (χ0v) is 10.5. The molecule has 100 valence electrons. The number of aromatic amines is 1. The molecule has 2 heterocycles. The van der Waals surface area contributed by atoms with E-state index in [1.807, 2.05) is 18.2 Å². The number of morpholine rings is 1. The smallest absolute Gasteiger partial charge is 0.227 e. The van der Waals surface area contributed by atoms with Crippen LogP contribution in [0.1, 0.15) is 6.42 Å². The largest absolute Gasteiger partial charge is 0.375 e. The third-order valence-corrected chi connectivity index (χ3v) is 3.12. The first-order valence-corrected chi connectivity index (χ1v) is 6.36. The number of H-pyrrole nitrogens is 1. The van der Waals surface area contributed by atoms with Crippen molar-refractivity contribution in [2.75, 3.05) is 25.0 Å². The number of amides is 1. The number of carbonyl (C=O) groups excluding carboxylic acids is 1. The lowest BCUT2D eigenvalue weighted by Gasteiger charge is -2.23. The van der Waals surface area contributed by atoms with Crippen LogP contribution in [0.25, 0.3) is 11.0 Å². The van der Waals surface area contributed by atoms with Crippen molar-refractivity contribution < 1.29 is 9.53 Å². The fourth-order valence-corrected chi connectivity index (χ4v) is 2.18. The maximum absolute atomic E-state index is 11.9. The van der Waals surface area contributed by atoms with Crippen LogP contribution >= 0.6 is 0 Å². The van der Waals surface area contributed by atoms with Gasteiger partial charge in [0.2, 0.25) is 5.91 Å². The number of aromatic nitrogens is 2. The number of hydrogen-bond donors (Lipinski definition) is 3. The molecular formula is C13H16N4O2. The molecule has 0 saturated carbocycles. The van der Waals surface area contributed by atoms with Crippen molar-refractivity contribution in [3.05, 3.63) is 24.5 Å².